The summed E-state index contributed by atoms with van der Waals surface area (Å²) >= 11 is 0. The summed E-state index contributed by atoms with van der Waals surface area (Å²) in [4.78, 5) is 28.3. The molecule has 0 heterocycles. The Morgan fingerprint density at radius 1 is 0.900 bits per heavy atom. The van der Waals surface area contributed by atoms with Gasteiger partial charge >= 0.3 is 0 Å². The fourth-order valence-corrected chi connectivity index (χ4v) is 5.73. The normalized spacial score (nSPS) is 14.3. The quantitative estimate of drug-likeness (QED) is 0.343. The van der Waals surface area contributed by atoms with E-state index < -0.39 is 28.5 Å². The van der Waals surface area contributed by atoms with Gasteiger partial charge in [-0.15, -0.1) is 0 Å². The average Bonchev–Trinajstić information content (AvgIpc) is 3.46. The van der Waals surface area contributed by atoms with Crippen molar-refractivity contribution in [3.05, 3.63) is 90.5 Å². The van der Waals surface area contributed by atoms with E-state index in [-0.39, 0.29) is 18.5 Å². The molecule has 4 rings (SSSR count). The second-order valence-electron chi connectivity index (χ2n) is 10.2. The molecule has 8 nitrogen and oxygen atoms in total. The number of para-hydroxylation sites is 1. The molecule has 0 spiro atoms. The number of sulfonamides is 1. The van der Waals surface area contributed by atoms with Crippen LogP contribution in [0.15, 0.2) is 84.9 Å². The summed E-state index contributed by atoms with van der Waals surface area (Å²) in [5, 5.41) is 3.07. The van der Waals surface area contributed by atoms with E-state index in [1.54, 1.807) is 31.2 Å². The highest BCUT2D eigenvalue weighted by atomic mass is 32.2. The second-order valence-corrected chi connectivity index (χ2v) is 12.1. The molecule has 3 aromatic carbocycles. The van der Waals surface area contributed by atoms with E-state index in [1.807, 2.05) is 60.7 Å². The van der Waals surface area contributed by atoms with E-state index in [1.165, 1.54) is 4.90 Å². The van der Waals surface area contributed by atoms with Crippen LogP contribution in [-0.2, 0) is 26.0 Å². The third kappa shape index (κ3) is 8.08. The van der Waals surface area contributed by atoms with E-state index in [2.05, 4.69) is 5.32 Å². The Hall–Kier alpha value is -3.85. The number of hydrogen-bond acceptors (Lipinski definition) is 5. The molecule has 1 aliphatic rings. The molecule has 2 amide bonds. The van der Waals surface area contributed by atoms with Crippen LogP contribution in [0.25, 0.3) is 0 Å². The Labute approximate surface area is 237 Å². The van der Waals surface area contributed by atoms with Crippen molar-refractivity contribution in [3.63, 3.8) is 0 Å². The molecule has 3 aromatic rings. The maximum Gasteiger partial charge on any atom is 0.244 e. The molecule has 1 saturated carbocycles. The summed E-state index contributed by atoms with van der Waals surface area (Å²) in [5.41, 5.74) is 1.36. The van der Waals surface area contributed by atoms with E-state index in [4.69, 9.17) is 4.74 Å². The highest BCUT2D eigenvalue weighted by molar-refractivity contribution is 7.92. The molecule has 0 saturated heterocycles. The summed E-state index contributed by atoms with van der Waals surface area (Å²) in [6.07, 6.45) is 5.63. The van der Waals surface area contributed by atoms with Crippen LogP contribution in [0.5, 0.6) is 11.5 Å². The molecular formula is C31H37N3O5S. The molecule has 212 valence electrons. The number of carbonyl (C=O) groups excluding carboxylic acids is 2. The fourth-order valence-electron chi connectivity index (χ4n) is 4.88. The number of anilines is 1. The number of nitrogens with one attached hydrogen (secondary N) is 1. The molecule has 1 aliphatic carbocycles. The van der Waals surface area contributed by atoms with E-state index in [0.29, 0.717) is 23.6 Å². The summed E-state index contributed by atoms with van der Waals surface area (Å²) < 4.78 is 32.5. The van der Waals surface area contributed by atoms with Gasteiger partial charge in [0.1, 0.15) is 24.1 Å². The van der Waals surface area contributed by atoms with E-state index in [0.717, 1.165) is 41.8 Å². The first-order chi connectivity index (χ1) is 19.2. The highest BCUT2D eigenvalue weighted by Gasteiger charge is 2.31. The van der Waals surface area contributed by atoms with Crippen molar-refractivity contribution in [1.29, 1.82) is 0 Å². The molecule has 9 heteroatoms. The number of amides is 2. The second kappa shape index (κ2) is 13.5. The van der Waals surface area contributed by atoms with Crippen molar-refractivity contribution < 1.29 is 22.7 Å². The minimum atomic E-state index is -3.81. The molecule has 0 unspecified atom stereocenters. The largest absolute Gasteiger partial charge is 0.457 e. The highest BCUT2D eigenvalue weighted by Crippen LogP contribution is 2.26. The van der Waals surface area contributed by atoms with Crippen LogP contribution in [-0.4, -0.2) is 56.6 Å². The minimum absolute atomic E-state index is 0.116. The van der Waals surface area contributed by atoms with Crippen LogP contribution in [0.4, 0.5) is 5.69 Å². The predicted molar refractivity (Wildman–Crippen MR) is 157 cm³/mol. The number of rotatable bonds is 12. The third-order valence-corrected chi connectivity index (χ3v) is 8.28. The van der Waals surface area contributed by atoms with Crippen LogP contribution in [0.2, 0.25) is 0 Å². The Kier molecular flexibility index (Phi) is 9.82. The van der Waals surface area contributed by atoms with Gasteiger partial charge in [-0.25, -0.2) is 8.42 Å². The van der Waals surface area contributed by atoms with Crippen molar-refractivity contribution in [1.82, 2.24) is 10.2 Å². The molecule has 0 aromatic heterocycles. The van der Waals surface area contributed by atoms with Gasteiger partial charge in [0.05, 0.1) is 11.9 Å². The van der Waals surface area contributed by atoms with Crippen LogP contribution < -0.4 is 14.4 Å². The van der Waals surface area contributed by atoms with Gasteiger partial charge in [-0.1, -0.05) is 61.4 Å². The van der Waals surface area contributed by atoms with E-state index >= 15 is 0 Å². The van der Waals surface area contributed by atoms with Gasteiger partial charge in [0.15, 0.2) is 0 Å². The monoisotopic (exact) mass is 563 g/mol. The lowest BCUT2D eigenvalue weighted by molar-refractivity contribution is -0.139. The fraction of sp³-hybridized carbons (Fsp3) is 0.355. The van der Waals surface area contributed by atoms with Gasteiger partial charge < -0.3 is 15.0 Å². The standard InChI is InChI=1S/C31H37N3O5S/c1-24(31(36)32-26-13-9-10-14-26)33(22-21-25-11-5-3-6-12-25)30(35)23-34(40(2,37)38)27-17-19-29(20-18-27)39-28-15-7-4-8-16-28/h3-8,11-12,15-20,24,26H,9-10,13-14,21-23H2,1-2H3,(H,32,36)/t24-/m1/s1. The predicted octanol–water partition coefficient (Wildman–Crippen LogP) is 4.76. The first kappa shape index (κ1) is 29.1. The Bertz CT molecular complexity index is 1360. The van der Waals surface area contributed by atoms with Gasteiger partial charge in [-0.2, -0.15) is 0 Å². The summed E-state index contributed by atoms with van der Waals surface area (Å²) in [5.74, 6) is 0.530. The Morgan fingerprint density at radius 2 is 1.48 bits per heavy atom. The number of ether oxygens (including phenoxy) is 1. The van der Waals surface area contributed by atoms with Crippen LogP contribution >= 0.6 is 0 Å². The van der Waals surface area contributed by atoms with Gasteiger partial charge in [0.25, 0.3) is 0 Å². The van der Waals surface area contributed by atoms with Crippen LogP contribution in [0, 0.1) is 0 Å². The molecular weight excluding hydrogens is 526 g/mol. The van der Waals surface area contributed by atoms with Crippen molar-refractivity contribution >= 4 is 27.5 Å². The molecule has 40 heavy (non-hydrogen) atoms. The van der Waals surface area contributed by atoms with Crippen LogP contribution in [0.1, 0.15) is 38.2 Å². The molecule has 1 fully saturated rings. The Morgan fingerprint density at radius 3 is 2.08 bits per heavy atom. The summed E-state index contributed by atoms with van der Waals surface area (Å²) in [6.45, 7) is 1.56. The molecule has 0 aliphatic heterocycles. The number of benzene rings is 3. The number of nitrogens with zero attached hydrogens (tertiary/aromatic N) is 2. The topological polar surface area (TPSA) is 96.0 Å². The smallest absolute Gasteiger partial charge is 0.244 e. The molecule has 0 radical (unpaired) electrons. The zero-order valence-corrected chi connectivity index (χ0v) is 23.8. The Balaban J connectivity index is 1.51. The van der Waals surface area contributed by atoms with Gasteiger partial charge in [-0.05, 0) is 68.1 Å². The number of hydrogen-bond donors (Lipinski definition) is 1. The zero-order chi connectivity index (χ0) is 28.5. The third-order valence-electron chi connectivity index (χ3n) is 7.14. The summed E-state index contributed by atoms with van der Waals surface area (Å²) in [7, 11) is -3.81. The van der Waals surface area contributed by atoms with Crippen molar-refractivity contribution in [2.75, 3.05) is 23.7 Å². The minimum Gasteiger partial charge on any atom is -0.457 e. The zero-order valence-electron chi connectivity index (χ0n) is 23.0. The summed E-state index contributed by atoms with van der Waals surface area (Å²) in [6, 6.07) is 24.9. The lowest BCUT2D eigenvalue weighted by Gasteiger charge is -2.32. The molecule has 0 bridgehead atoms. The van der Waals surface area contributed by atoms with Crippen molar-refractivity contribution in [3.8, 4) is 11.5 Å². The molecule has 1 N–H and O–H groups in total. The lowest BCUT2D eigenvalue weighted by Crippen LogP contribution is -2.53. The number of carbonyl (C=O) groups is 2. The maximum atomic E-state index is 13.7. The SMILES string of the molecule is C[C@H](C(=O)NC1CCCC1)N(CCc1ccccc1)C(=O)CN(c1ccc(Oc2ccccc2)cc1)S(C)(=O)=O. The maximum absolute atomic E-state index is 13.7. The lowest BCUT2D eigenvalue weighted by atomic mass is 10.1. The average molecular weight is 564 g/mol. The molecule has 1 atom stereocenters. The van der Waals surface area contributed by atoms with Crippen LogP contribution in [0.3, 0.4) is 0 Å². The van der Waals surface area contributed by atoms with Gasteiger partial charge in [0.2, 0.25) is 21.8 Å². The van der Waals surface area contributed by atoms with E-state index in [9.17, 15) is 18.0 Å². The first-order valence-electron chi connectivity index (χ1n) is 13.6. The van der Waals surface area contributed by atoms with Crippen molar-refractivity contribution in [2.24, 2.45) is 0 Å². The van der Waals surface area contributed by atoms with Crippen molar-refractivity contribution in [2.45, 2.75) is 51.1 Å². The first-order valence-corrected chi connectivity index (χ1v) is 15.5. The van der Waals surface area contributed by atoms with Gasteiger partial charge in [-0.3, -0.25) is 13.9 Å². The van der Waals surface area contributed by atoms with Gasteiger partial charge in [0, 0.05) is 12.6 Å².